The Kier molecular flexibility index (Phi) is 5.41. The van der Waals surface area contributed by atoms with Gasteiger partial charge in [0.1, 0.15) is 5.75 Å². The quantitative estimate of drug-likeness (QED) is 0.835. The van der Waals surface area contributed by atoms with Crippen molar-refractivity contribution in [2.24, 2.45) is 5.73 Å². The van der Waals surface area contributed by atoms with Gasteiger partial charge in [-0.2, -0.15) is 0 Å². The molecule has 0 aromatic heterocycles. The molecule has 110 valence electrons. The summed E-state index contributed by atoms with van der Waals surface area (Å²) in [5.41, 5.74) is 6.70. The van der Waals surface area contributed by atoms with Crippen LogP contribution in [0.3, 0.4) is 0 Å². The second-order valence-corrected chi connectivity index (χ2v) is 5.43. The number of nitrogens with two attached hydrogens (primary N) is 1. The number of benzene rings is 1. The first kappa shape index (κ1) is 14.9. The number of hydrogen-bond donors (Lipinski definition) is 2. The fraction of sp³-hybridized carbons (Fsp3) is 0.562. The number of nitrogens with one attached hydrogen (secondary N) is 1. The van der Waals surface area contributed by atoms with Crippen LogP contribution in [0, 0.1) is 0 Å². The molecule has 1 aromatic rings. The van der Waals surface area contributed by atoms with Crippen molar-refractivity contribution in [1.29, 1.82) is 0 Å². The summed E-state index contributed by atoms with van der Waals surface area (Å²) in [6, 6.07) is 8.10. The minimum atomic E-state index is -0.462. The van der Waals surface area contributed by atoms with Crippen molar-refractivity contribution < 1.29 is 9.53 Å². The van der Waals surface area contributed by atoms with Crippen molar-refractivity contribution >= 4 is 5.91 Å². The number of amides is 1. The highest BCUT2D eigenvalue weighted by atomic mass is 16.5. The molecule has 1 aliphatic rings. The molecule has 0 heterocycles. The lowest BCUT2D eigenvalue weighted by molar-refractivity contribution is -0.127. The molecular weight excluding hydrogens is 252 g/mol. The third-order valence-electron chi connectivity index (χ3n) is 3.74. The predicted octanol–water partition coefficient (Wildman–Crippen LogP) is 2.01. The smallest absolute Gasteiger partial charge is 0.260 e. The van der Waals surface area contributed by atoms with E-state index in [9.17, 15) is 4.79 Å². The Morgan fingerprint density at radius 3 is 2.60 bits per heavy atom. The summed E-state index contributed by atoms with van der Waals surface area (Å²) in [4.78, 5) is 12.0. The van der Waals surface area contributed by atoms with Crippen LogP contribution < -0.4 is 15.8 Å². The molecule has 1 saturated carbocycles. The average molecular weight is 276 g/mol. The van der Waals surface area contributed by atoms with Crippen LogP contribution in [0.25, 0.3) is 0 Å². The SMILES string of the molecule is CC(Oc1ccc(CCN)cc1)C(=O)NC1CCCC1. The van der Waals surface area contributed by atoms with Gasteiger partial charge in [-0.3, -0.25) is 4.79 Å². The highest BCUT2D eigenvalue weighted by molar-refractivity contribution is 5.81. The van der Waals surface area contributed by atoms with Crippen LogP contribution in [0.1, 0.15) is 38.2 Å². The standard InChI is InChI=1S/C16H24N2O2/c1-12(16(19)18-14-4-2-3-5-14)20-15-8-6-13(7-9-15)10-11-17/h6-9,12,14H,2-5,10-11,17H2,1H3,(H,18,19). The van der Waals surface area contributed by atoms with E-state index in [-0.39, 0.29) is 5.91 Å². The minimum absolute atomic E-state index is 0.0251. The minimum Gasteiger partial charge on any atom is -0.481 e. The van der Waals surface area contributed by atoms with Gasteiger partial charge in [-0.25, -0.2) is 0 Å². The molecular formula is C16H24N2O2. The maximum atomic E-state index is 12.0. The molecule has 0 saturated heterocycles. The van der Waals surface area contributed by atoms with Crippen molar-refractivity contribution in [1.82, 2.24) is 5.32 Å². The third-order valence-corrected chi connectivity index (χ3v) is 3.74. The largest absolute Gasteiger partial charge is 0.481 e. The van der Waals surface area contributed by atoms with Crippen molar-refractivity contribution in [3.63, 3.8) is 0 Å². The van der Waals surface area contributed by atoms with Gasteiger partial charge in [0.05, 0.1) is 0 Å². The van der Waals surface area contributed by atoms with E-state index in [1.807, 2.05) is 24.3 Å². The predicted molar refractivity (Wildman–Crippen MR) is 79.7 cm³/mol. The summed E-state index contributed by atoms with van der Waals surface area (Å²) in [7, 11) is 0. The lowest BCUT2D eigenvalue weighted by Gasteiger charge is -2.18. The second kappa shape index (κ2) is 7.29. The average Bonchev–Trinajstić information content (AvgIpc) is 2.94. The van der Waals surface area contributed by atoms with E-state index < -0.39 is 6.10 Å². The normalized spacial score (nSPS) is 16.9. The van der Waals surface area contributed by atoms with Gasteiger partial charge >= 0.3 is 0 Å². The van der Waals surface area contributed by atoms with E-state index in [1.54, 1.807) is 6.92 Å². The zero-order valence-electron chi connectivity index (χ0n) is 12.1. The molecule has 1 atom stereocenters. The van der Waals surface area contributed by atoms with E-state index in [4.69, 9.17) is 10.5 Å². The Bertz CT molecular complexity index is 425. The highest BCUT2D eigenvalue weighted by Gasteiger charge is 2.21. The Morgan fingerprint density at radius 1 is 1.35 bits per heavy atom. The molecule has 1 unspecified atom stereocenters. The van der Waals surface area contributed by atoms with Crippen molar-refractivity contribution in [2.75, 3.05) is 6.54 Å². The molecule has 0 radical (unpaired) electrons. The maximum Gasteiger partial charge on any atom is 0.260 e. The Labute approximate surface area is 120 Å². The van der Waals surface area contributed by atoms with Gasteiger partial charge in [0.2, 0.25) is 0 Å². The Morgan fingerprint density at radius 2 is 2.00 bits per heavy atom. The molecule has 0 aliphatic heterocycles. The van der Waals surface area contributed by atoms with E-state index in [2.05, 4.69) is 5.32 Å². The fourth-order valence-corrected chi connectivity index (χ4v) is 2.55. The van der Waals surface area contributed by atoms with E-state index in [0.717, 1.165) is 25.0 Å². The maximum absolute atomic E-state index is 12.0. The molecule has 4 heteroatoms. The molecule has 2 rings (SSSR count). The summed E-state index contributed by atoms with van der Waals surface area (Å²) in [5.74, 6) is 0.697. The topological polar surface area (TPSA) is 64.3 Å². The van der Waals surface area contributed by atoms with Gasteiger partial charge in [-0.15, -0.1) is 0 Å². The van der Waals surface area contributed by atoms with Crippen LogP contribution in [0.2, 0.25) is 0 Å². The second-order valence-electron chi connectivity index (χ2n) is 5.43. The number of hydrogen-bond acceptors (Lipinski definition) is 3. The summed E-state index contributed by atoms with van der Waals surface area (Å²) in [6.45, 7) is 2.43. The molecule has 0 bridgehead atoms. The molecule has 20 heavy (non-hydrogen) atoms. The Balaban J connectivity index is 1.83. The molecule has 1 fully saturated rings. The molecule has 1 amide bonds. The van der Waals surface area contributed by atoms with Crippen molar-refractivity contribution in [2.45, 2.75) is 51.2 Å². The van der Waals surface area contributed by atoms with Crippen LogP contribution in [0.15, 0.2) is 24.3 Å². The molecule has 3 N–H and O–H groups in total. The van der Waals surface area contributed by atoms with Crippen LogP contribution in [0.4, 0.5) is 0 Å². The number of ether oxygens (including phenoxy) is 1. The lowest BCUT2D eigenvalue weighted by Crippen LogP contribution is -2.41. The van der Waals surface area contributed by atoms with Crippen LogP contribution >= 0.6 is 0 Å². The zero-order chi connectivity index (χ0) is 14.4. The molecule has 1 aromatic carbocycles. The van der Waals surface area contributed by atoms with E-state index in [0.29, 0.717) is 12.6 Å². The van der Waals surface area contributed by atoms with Crippen molar-refractivity contribution in [3.8, 4) is 5.75 Å². The first-order chi connectivity index (χ1) is 9.69. The van der Waals surface area contributed by atoms with Gasteiger partial charge in [-0.1, -0.05) is 25.0 Å². The van der Waals surface area contributed by atoms with E-state index >= 15 is 0 Å². The van der Waals surface area contributed by atoms with Crippen LogP contribution in [0.5, 0.6) is 5.75 Å². The number of carbonyl (C=O) groups is 1. The summed E-state index contributed by atoms with van der Waals surface area (Å²) >= 11 is 0. The summed E-state index contributed by atoms with van der Waals surface area (Å²) < 4.78 is 5.68. The molecule has 0 spiro atoms. The first-order valence-electron chi connectivity index (χ1n) is 7.45. The molecule has 4 nitrogen and oxygen atoms in total. The van der Waals surface area contributed by atoms with Gasteiger partial charge in [0.15, 0.2) is 6.10 Å². The first-order valence-corrected chi connectivity index (χ1v) is 7.45. The molecule has 1 aliphatic carbocycles. The third kappa shape index (κ3) is 4.23. The highest BCUT2D eigenvalue weighted by Crippen LogP contribution is 2.18. The van der Waals surface area contributed by atoms with E-state index in [1.165, 1.54) is 18.4 Å². The van der Waals surface area contributed by atoms with Crippen LogP contribution in [-0.4, -0.2) is 24.6 Å². The van der Waals surface area contributed by atoms with Gasteiger partial charge in [0.25, 0.3) is 5.91 Å². The number of rotatable bonds is 6. The Hall–Kier alpha value is -1.55. The zero-order valence-corrected chi connectivity index (χ0v) is 12.1. The lowest BCUT2D eigenvalue weighted by atomic mass is 10.1. The van der Waals surface area contributed by atoms with Crippen molar-refractivity contribution in [3.05, 3.63) is 29.8 Å². The van der Waals surface area contributed by atoms with Gasteiger partial charge in [0, 0.05) is 6.04 Å². The van der Waals surface area contributed by atoms with Gasteiger partial charge in [-0.05, 0) is 50.4 Å². The van der Waals surface area contributed by atoms with Crippen LogP contribution in [-0.2, 0) is 11.2 Å². The number of carbonyl (C=O) groups excluding carboxylic acids is 1. The summed E-state index contributed by atoms with van der Waals surface area (Å²) in [5, 5.41) is 3.05. The monoisotopic (exact) mass is 276 g/mol. The van der Waals surface area contributed by atoms with Gasteiger partial charge < -0.3 is 15.8 Å². The summed E-state index contributed by atoms with van der Waals surface area (Å²) in [6.07, 6.45) is 5.00. The fourth-order valence-electron chi connectivity index (χ4n) is 2.55.